The number of ether oxygens (including phenoxy) is 2. The zero-order chi connectivity index (χ0) is 18.3. The molecule has 1 aromatic carbocycles. The Morgan fingerprint density at radius 1 is 1.08 bits per heavy atom. The number of ketones is 1. The number of carbonyl (C=O) groups excluding carboxylic acids is 2. The second kappa shape index (κ2) is 9.30. The fraction of sp³-hybridized carbons (Fsp3) is 0.579. The molecule has 0 atom stereocenters. The van der Waals surface area contributed by atoms with Gasteiger partial charge in [0.25, 0.3) is 5.91 Å². The lowest BCUT2D eigenvalue weighted by atomic mass is 10.1. The summed E-state index contributed by atoms with van der Waals surface area (Å²) in [6, 6.07) is 5.00. The maximum Gasteiger partial charge on any atom is 0.260 e. The molecule has 5 heteroatoms. The molecule has 0 aromatic heterocycles. The van der Waals surface area contributed by atoms with Crippen molar-refractivity contribution in [3.8, 4) is 11.5 Å². The van der Waals surface area contributed by atoms with Crippen LogP contribution in [0.2, 0.25) is 0 Å². The molecular weight excluding hydrogens is 306 g/mol. The summed E-state index contributed by atoms with van der Waals surface area (Å²) in [4.78, 5) is 26.0. The van der Waals surface area contributed by atoms with Crippen LogP contribution in [0.1, 0.15) is 45.0 Å². The van der Waals surface area contributed by atoms with Gasteiger partial charge in [0.1, 0.15) is 11.5 Å². The summed E-state index contributed by atoms with van der Waals surface area (Å²) in [5.74, 6) is 1.55. The van der Waals surface area contributed by atoms with Crippen LogP contribution in [0.25, 0.3) is 0 Å². The van der Waals surface area contributed by atoms with E-state index in [0.717, 1.165) is 0 Å². The first-order valence-electron chi connectivity index (χ1n) is 8.34. The molecule has 0 unspecified atom stereocenters. The van der Waals surface area contributed by atoms with Crippen molar-refractivity contribution in [2.24, 2.45) is 11.8 Å². The van der Waals surface area contributed by atoms with Gasteiger partial charge in [0.15, 0.2) is 12.4 Å². The van der Waals surface area contributed by atoms with E-state index < -0.39 is 0 Å². The van der Waals surface area contributed by atoms with Crippen LogP contribution in [0.15, 0.2) is 18.2 Å². The molecule has 0 heterocycles. The maximum absolute atomic E-state index is 12.5. The summed E-state index contributed by atoms with van der Waals surface area (Å²) in [5, 5.41) is 0. The van der Waals surface area contributed by atoms with Crippen LogP contribution in [-0.2, 0) is 4.79 Å². The number of Topliss-reactive ketones (excluding diaryl/α,β-unsaturated/α-hetero) is 1. The molecule has 0 aliphatic rings. The normalized spacial score (nSPS) is 10.8. The number of benzene rings is 1. The maximum atomic E-state index is 12.5. The zero-order valence-electron chi connectivity index (χ0n) is 15.6. The van der Waals surface area contributed by atoms with Gasteiger partial charge >= 0.3 is 0 Å². The highest BCUT2D eigenvalue weighted by Gasteiger charge is 2.18. The quantitative estimate of drug-likeness (QED) is 0.649. The van der Waals surface area contributed by atoms with Gasteiger partial charge in [-0.15, -0.1) is 0 Å². The number of hydrogen-bond donors (Lipinski definition) is 0. The van der Waals surface area contributed by atoms with Crippen LogP contribution >= 0.6 is 0 Å². The number of nitrogens with zero attached hydrogens (tertiary/aromatic N) is 1. The van der Waals surface area contributed by atoms with E-state index in [0.29, 0.717) is 42.0 Å². The van der Waals surface area contributed by atoms with E-state index in [1.165, 1.54) is 6.92 Å². The first kappa shape index (κ1) is 20.0. The van der Waals surface area contributed by atoms with Crippen molar-refractivity contribution in [3.05, 3.63) is 23.8 Å². The molecular formula is C19H29NO4. The van der Waals surface area contributed by atoms with Gasteiger partial charge in [-0.1, -0.05) is 27.7 Å². The lowest BCUT2D eigenvalue weighted by Crippen LogP contribution is -2.39. The van der Waals surface area contributed by atoms with E-state index in [1.54, 1.807) is 25.3 Å². The first-order valence-corrected chi connectivity index (χ1v) is 8.34. The van der Waals surface area contributed by atoms with Crippen molar-refractivity contribution < 1.29 is 19.1 Å². The minimum absolute atomic E-state index is 0.0743. The fourth-order valence-electron chi connectivity index (χ4n) is 2.43. The standard InChI is InChI=1S/C19H29NO4/c1-13(2)10-20(11-14(3)4)19(22)12-24-18-9-16(23-6)7-8-17(18)15(5)21/h7-9,13-14H,10-12H2,1-6H3. The third kappa shape index (κ3) is 6.22. The molecule has 5 nitrogen and oxygen atoms in total. The predicted molar refractivity (Wildman–Crippen MR) is 94.7 cm³/mol. The molecule has 0 radical (unpaired) electrons. The highest BCUT2D eigenvalue weighted by Crippen LogP contribution is 2.25. The molecule has 0 N–H and O–H groups in total. The molecule has 0 saturated heterocycles. The topological polar surface area (TPSA) is 55.8 Å². The van der Waals surface area contributed by atoms with Gasteiger partial charge in [-0.2, -0.15) is 0 Å². The Labute approximate surface area is 144 Å². The lowest BCUT2D eigenvalue weighted by Gasteiger charge is -2.26. The van der Waals surface area contributed by atoms with E-state index in [1.807, 2.05) is 4.90 Å². The van der Waals surface area contributed by atoms with Gasteiger partial charge < -0.3 is 14.4 Å². The number of methoxy groups -OCH3 is 1. The van der Waals surface area contributed by atoms with Crippen LogP contribution in [0.4, 0.5) is 0 Å². The van der Waals surface area contributed by atoms with Crippen LogP contribution in [0.3, 0.4) is 0 Å². The van der Waals surface area contributed by atoms with Crippen molar-refractivity contribution in [2.75, 3.05) is 26.8 Å². The van der Waals surface area contributed by atoms with Crippen LogP contribution < -0.4 is 9.47 Å². The number of carbonyl (C=O) groups is 2. The van der Waals surface area contributed by atoms with Gasteiger partial charge in [0, 0.05) is 19.2 Å². The van der Waals surface area contributed by atoms with E-state index in [2.05, 4.69) is 27.7 Å². The van der Waals surface area contributed by atoms with E-state index in [4.69, 9.17) is 9.47 Å². The Balaban J connectivity index is 2.85. The lowest BCUT2D eigenvalue weighted by molar-refractivity contribution is -0.134. The Morgan fingerprint density at radius 3 is 2.12 bits per heavy atom. The van der Waals surface area contributed by atoms with E-state index in [-0.39, 0.29) is 18.3 Å². The molecule has 1 amide bonds. The minimum atomic E-state index is -0.110. The minimum Gasteiger partial charge on any atom is -0.497 e. The average molecular weight is 335 g/mol. The predicted octanol–water partition coefficient (Wildman–Crippen LogP) is 3.42. The highest BCUT2D eigenvalue weighted by atomic mass is 16.5. The molecule has 1 rings (SSSR count). The van der Waals surface area contributed by atoms with Crippen LogP contribution in [0, 0.1) is 11.8 Å². The van der Waals surface area contributed by atoms with Crippen LogP contribution in [0.5, 0.6) is 11.5 Å². The molecule has 1 aromatic rings. The van der Waals surface area contributed by atoms with E-state index >= 15 is 0 Å². The molecule has 0 saturated carbocycles. The Morgan fingerprint density at radius 2 is 1.67 bits per heavy atom. The fourth-order valence-corrected chi connectivity index (χ4v) is 2.43. The Bertz CT molecular complexity index is 556. The summed E-state index contributed by atoms with van der Waals surface area (Å²) in [7, 11) is 1.55. The smallest absolute Gasteiger partial charge is 0.260 e. The molecule has 0 aliphatic carbocycles. The van der Waals surface area contributed by atoms with Gasteiger partial charge in [-0.3, -0.25) is 9.59 Å². The largest absolute Gasteiger partial charge is 0.497 e. The van der Waals surface area contributed by atoms with Gasteiger partial charge in [-0.25, -0.2) is 0 Å². The molecule has 0 spiro atoms. The van der Waals surface area contributed by atoms with Gasteiger partial charge in [-0.05, 0) is 30.9 Å². The molecule has 0 fully saturated rings. The van der Waals surface area contributed by atoms with Crippen molar-refractivity contribution in [2.45, 2.75) is 34.6 Å². The van der Waals surface area contributed by atoms with Gasteiger partial charge in [0.2, 0.25) is 0 Å². The molecule has 134 valence electrons. The highest BCUT2D eigenvalue weighted by molar-refractivity contribution is 5.97. The van der Waals surface area contributed by atoms with Crippen LogP contribution in [-0.4, -0.2) is 43.4 Å². The third-order valence-corrected chi connectivity index (χ3v) is 3.44. The number of hydrogen-bond acceptors (Lipinski definition) is 4. The summed E-state index contributed by atoms with van der Waals surface area (Å²) < 4.78 is 10.8. The SMILES string of the molecule is COc1ccc(C(C)=O)c(OCC(=O)N(CC(C)C)CC(C)C)c1. The zero-order valence-corrected chi connectivity index (χ0v) is 15.6. The summed E-state index contributed by atoms with van der Waals surface area (Å²) in [6.07, 6.45) is 0. The first-order chi connectivity index (χ1) is 11.2. The van der Waals surface area contributed by atoms with Gasteiger partial charge in [0.05, 0.1) is 12.7 Å². The van der Waals surface area contributed by atoms with Crippen molar-refractivity contribution in [3.63, 3.8) is 0 Å². The molecule has 24 heavy (non-hydrogen) atoms. The number of rotatable bonds is 9. The second-order valence-electron chi connectivity index (χ2n) is 6.79. The Kier molecular flexibility index (Phi) is 7.75. The van der Waals surface area contributed by atoms with Crippen molar-refractivity contribution in [1.82, 2.24) is 4.90 Å². The third-order valence-electron chi connectivity index (χ3n) is 3.44. The van der Waals surface area contributed by atoms with E-state index in [9.17, 15) is 9.59 Å². The second-order valence-corrected chi connectivity index (χ2v) is 6.79. The molecule has 0 aliphatic heterocycles. The average Bonchev–Trinajstić information content (AvgIpc) is 2.50. The van der Waals surface area contributed by atoms with Crippen molar-refractivity contribution >= 4 is 11.7 Å². The molecule has 0 bridgehead atoms. The number of amides is 1. The monoisotopic (exact) mass is 335 g/mol. The summed E-state index contributed by atoms with van der Waals surface area (Å²) in [5.41, 5.74) is 0.447. The van der Waals surface area contributed by atoms with Crippen molar-refractivity contribution in [1.29, 1.82) is 0 Å². The summed E-state index contributed by atoms with van der Waals surface area (Å²) in [6.45, 7) is 11.1. The Hall–Kier alpha value is -2.04. The summed E-state index contributed by atoms with van der Waals surface area (Å²) >= 11 is 0.